The summed E-state index contributed by atoms with van der Waals surface area (Å²) in [5.74, 6) is 0.968. The Morgan fingerprint density at radius 1 is 1.57 bits per heavy atom. The molecule has 0 unspecified atom stereocenters. The maximum Gasteiger partial charge on any atom is 0.231 e. The molecule has 14 heavy (non-hydrogen) atoms. The number of nitrogens with two attached hydrogens (primary N) is 1. The summed E-state index contributed by atoms with van der Waals surface area (Å²) in [6.07, 6.45) is 3.70. The molecule has 0 radical (unpaired) electrons. The summed E-state index contributed by atoms with van der Waals surface area (Å²) in [6, 6.07) is 0.562. The molecule has 0 saturated heterocycles. The van der Waals surface area contributed by atoms with Crippen LogP contribution >= 0.6 is 11.8 Å². The zero-order chi connectivity index (χ0) is 10.6. The number of thioether (sulfide) groups is 1. The molecular weight excluding hydrogens is 196 g/mol. The van der Waals surface area contributed by atoms with Gasteiger partial charge in [0.1, 0.15) is 0 Å². The number of primary amides is 1. The molecule has 1 saturated carbocycles. The summed E-state index contributed by atoms with van der Waals surface area (Å²) in [5, 5.41) is 0.792. The second-order valence-corrected chi connectivity index (χ2v) is 5.50. The zero-order valence-corrected chi connectivity index (χ0v) is 9.85. The van der Waals surface area contributed by atoms with Gasteiger partial charge in [0, 0.05) is 11.3 Å². The first kappa shape index (κ1) is 11.9. The number of hydrogen-bond donors (Lipinski definition) is 1. The van der Waals surface area contributed by atoms with Crippen LogP contribution in [0.2, 0.25) is 0 Å². The van der Waals surface area contributed by atoms with Crippen molar-refractivity contribution < 1.29 is 4.79 Å². The normalized spacial score (nSPS) is 27.1. The lowest BCUT2D eigenvalue weighted by molar-refractivity contribution is -0.119. The Morgan fingerprint density at radius 3 is 2.86 bits per heavy atom. The predicted molar refractivity (Wildman–Crippen MR) is 61.4 cm³/mol. The van der Waals surface area contributed by atoms with Crippen LogP contribution in [0.4, 0.5) is 0 Å². The first-order valence-electron chi connectivity index (χ1n) is 5.23. The van der Waals surface area contributed by atoms with E-state index in [9.17, 15) is 4.79 Å². The summed E-state index contributed by atoms with van der Waals surface area (Å²) < 4.78 is 0. The number of rotatable bonds is 5. The lowest BCUT2D eigenvalue weighted by Gasteiger charge is -2.22. The summed E-state index contributed by atoms with van der Waals surface area (Å²) in [4.78, 5) is 12.8. The molecular formula is C10H20N2OS. The van der Waals surface area contributed by atoms with Gasteiger partial charge in [-0.25, -0.2) is 0 Å². The van der Waals surface area contributed by atoms with Crippen LogP contribution in [0.3, 0.4) is 0 Å². The van der Waals surface area contributed by atoms with Gasteiger partial charge in [-0.3, -0.25) is 9.69 Å². The average Bonchev–Trinajstić information content (AvgIpc) is 2.52. The fourth-order valence-electron chi connectivity index (χ4n) is 2.08. The van der Waals surface area contributed by atoms with Gasteiger partial charge in [-0.15, -0.1) is 0 Å². The summed E-state index contributed by atoms with van der Waals surface area (Å²) >= 11 is 2.04. The van der Waals surface area contributed by atoms with Crippen molar-refractivity contribution in [1.29, 1.82) is 0 Å². The van der Waals surface area contributed by atoms with E-state index in [1.165, 1.54) is 25.0 Å². The number of amides is 1. The molecule has 0 aromatic carbocycles. The highest BCUT2D eigenvalue weighted by Gasteiger charge is 2.27. The Bertz CT molecular complexity index is 199. The maximum absolute atomic E-state index is 10.7. The van der Waals surface area contributed by atoms with Gasteiger partial charge >= 0.3 is 0 Å². The first-order valence-corrected chi connectivity index (χ1v) is 6.28. The third-order valence-electron chi connectivity index (χ3n) is 2.79. The van der Waals surface area contributed by atoms with Crippen LogP contribution in [0.1, 0.15) is 26.2 Å². The Kier molecular flexibility index (Phi) is 4.75. The summed E-state index contributed by atoms with van der Waals surface area (Å²) in [7, 11) is 1.99. The molecule has 1 aliphatic rings. The lowest BCUT2D eigenvalue weighted by Crippen LogP contribution is -2.37. The number of hydrogen-bond acceptors (Lipinski definition) is 3. The quantitative estimate of drug-likeness (QED) is 0.748. The molecule has 0 spiro atoms. The van der Waals surface area contributed by atoms with E-state index in [1.807, 2.05) is 18.8 Å². The van der Waals surface area contributed by atoms with Gasteiger partial charge in [-0.05, 0) is 32.1 Å². The molecule has 2 N–H and O–H groups in total. The largest absolute Gasteiger partial charge is 0.369 e. The highest BCUT2D eigenvalue weighted by atomic mass is 32.2. The first-order chi connectivity index (χ1) is 6.63. The molecule has 0 aliphatic heterocycles. The van der Waals surface area contributed by atoms with Crippen molar-refractivity contribution >= 4 is 17.7 Å². The summed E-state index contributed by atoms with van der Waals surface area (Å²) in [5.41, 5.74) is 5.17. The van der Waals surface area contributed by atoms with Crippen LogP contribution < -0.4 is 5.73 Å². The SMILES string of the molecule is CCS[C@H]1CC[C@@H](N(C)CC(N)=O)C1. The number of carbonyl (C=O) groups is 1. The number of nitrogens with zero attached hydrogens (tertiary/aromatic N) is 1. The van der Waals surface area contributed by atoms with Crippen molar-refractivity contribution in [1.82, 2.24) is 4.90 Å². The zero-order valence-electron chi connectivity index (χ0n) is 9.03. The molecule has 1 amide bonds. The molecule has 1 rings (SSSR count). The van der Waals surface area contributed by atoms with E-state index in [4.69, 9.17) is 5.73 Å². The Labute approximate surface area is 90.4 Å². The average molecular weight is 216 g/mol. The van der Waals surface area contributed by atoms with Gasteiger partial charge in [0.15, 0.2) is 0 Å². The smallest absolute Gasteiger partial charge is 0.231 e. The molecule has 3 nitrogen and oxygen atoms in total. The van der Waals surface area contributed by atoms with Gasteiger partial charge in [-0.1, -0.05) is 6.92 Å². The van der Waals surface area contributed by atoms with E-state index in [-0.39, 0.29) is 5.91 Å². The minimum Gasteiger partial charge on any atom is -0.369 e. The van der Waals surface area contributed by atoms with Crippen molar-refractivity contribution in [3.05, 3.63) is 0 Å². The van der Waals surface area contributed by atoms with Gasteiger partial charge in [0.2, 0.25) is 5.91 Å². The van der Waals surface area contributed by atoms with Crippen molar-refractivity contribution in [2.45, 2.75) is 37.5 Å². The van der Waals surface area contributed by atoms with Crippen LogP contribution in [0, 0.1) is 0 Å². The molecule has 82 valence electrons. The lowest BCUT2D eigenvalue weighted by atomic mass is 10.2. The van der Waals surface area contributed by atoms with E-state index in [0.717, 1.165) is 5.25 Å². The van der Waals surface area contributed by atoms with Crippen LogP contribution in [0.15, 0.2) is 0 Å². The predicted octanol–water partition coefficient (Wildman–Crippen LogP) is 1.08. The number of carbonyl (C=O) groups excluding carboxylic acids is 1. The second kappa shape index (κ2) is 5.61. The molecule has 4 heteroatoms. The van der Waals surface area contributed by atoms with Crippen molar-refractivity contribution in [3.63, 3.8) is 0 Å². The highest BCUT2D eigenvalue weighted by Crippen LogP contribution is 2.31. The topological polar surface area (TPSA) is 46.3 Å². The van der Waals surface area contributed by atoms with Gasteiger partial charge < -0.3 is 5.73 Å². The molecule has 1 aliphatic carbocycles. The Balaban J connectivity index is 2.30. The van der Waals surface area contributed by atoms with E-state index in [2.05, 4.69) is 11.8 Å². The third kappa shape index (κ3) is 3.50. The molecule has 0 aromatic rings. The Hall–Kier alpha value is -0.220. The second-order valence-electron chi connectivity index (χ2n) is 3.93. The molecule has 0 bridgehead atoms. The molecule has 2 atom stereocenters. The van der Waals surface area contributed by atoms with Gasteiger partial charge in [-0.2, -0.15) is 11.8 Å². The number of likely N-dealkylation sites (N-methyl/N-ethyl adjacent to an activating group) is 1. The third-order valence-corrected chi connectivity index (χ3v) is 4.02. The van der Waals surface area contributed by atoms with Crippen molar-refractivity contribution in [2.75, 3.05) is 19.3 Å². The monoisotopic (exact) mass is 216 g/mol. The van der Waals surface area contributed by atoms with Crippen molar-refractivity contribution in [2.24, 2.45) is 5.73 Å². The van der Waals surface area contributed by atoms with Crippen LogP contribution in [0.5, 0.6) is 0 Å². The van der Waals surface area contributed by atoms with E-state index in [1.54, 1.807) is 0 Å². The fourth-order valence-corrected chi connectivity index (χ4v) is 3.21. The highest BCUT2D eigenvalue weighted by molar-refractivity contribution is 7.99. The molecule has 1 fully saturated rings. The van der Waals surface area contributed by atoms with Crippen LogP contribution in [-0.4, -0.2) is 41.4 Å². The molecule has 0 heterocycles. The van der Waals surface area contributed by atoms with Crippen molar-refractivity contribution in [3.8, 4) is 0 Å². The van der Waals surface area contributed by atoms with Crippen LogP contribution in [0.25, 0.3) is 0 Å². The van der Waals surface area contributed by atoms with E-state index in [0.29, 0.717) is 12.6 Å². The molecule has 0 aromatic heterocycles. The summed E-state index contributed by atoms with van der Waals surface area (Å²) in [6.45, 7) is 2.60. The standard InChI is InChI=1S/C10H20N2OS/c1-3-14-9-5-4-8(6-9)12(2)7-10(11)13/h8-9H,3-7H2,1-2H3,(H2,11,13)/t8-,9+/m1/s1. The van der Waals surface area contributed by atoms with E-state index >= 15 is 0 Å². The van der Waals surface area contributed by atoms with E-state index < -0.39 is 0 Å². The Morgan fingerprint density at radius 2 is 2.29 bits per heavy atom. The van der Waals surface area contributed by atoms with Gasteiger partial charge in [0.25, 0.3) is 0 Å². The minimum atomic E-state index is -0.223. The van der Waals surface area contributed by atoms with Gasteiger partial charge in [0.05, 0.1) is 6.54 Å². The fraction of sp³-hybridized carbons (Fsp3) is 0.900. The van der Waals surface area contributed by atoms with Crippen LogP contribution in [-0.2, 0) is 4.79 Å². The minimum absolute atomic E-state index is 0.223. The maximum atomic E-state index is 10.7.